The Morgan fingerprint density at radius 3 is 2.65 bits per heavy atom. The van der Waals surface area contributed by atoms with E-state index >= 15 is 0 Å². The molecule has 94 valence electrons. The molecule has 1 heterocycles. The van der Waals surface area contributed by atoms with Crippen molar-refractivity contribution >= 4 is 5.69 Å². The number of piperazine rings is 1. The van der Waals surface area contributed by atoms with E-state index in [1.165, 1.54) is 11.3 Å². The first-order chi connectivity index (χ1) is 8.09. The maximum Gasteiger partial charge on any atom is 0.0415 e. The SMILES string of the molecule is CC1CN(c2ccccc2[C@H](C)N)CCN1C. The van der Waals surface area contributed by atoms with Gasteiger partial charge in [0.1, 0.15) is 0 Å². The van der Waals surface area contributed by atoms with Crippen molar-refractivity contribution in [3.05, 3.63) is 29.8 Å². The number of nitrogens with two attached hydrogens (primary N) is 1. The number of hydrogen-bond donors (Lipinski definition) is 1. The Labute approximate surface area is 104 Å². The van der Waals surface area contributed by atoms with Crippen LogP contribution >= 0.6 is 0 Å². The Hall–Kier alpha value is -1.06. The highest BCUT2D eigenvalue weighted by Crippen LogP contribution is 2.26. The minimum atomic E-state index is 0.0983. The third-order valence-corrected chi connectivity index (χ3v) is 3.73. The molecule has 17 heavy (non-hydrogen) atoms. The van der Waals surface area contributed by atoms with Crippen LogP contribution in [0.1, 0.15) is 25.5 Å². The molecule has 1 fully saturated rings. The number of anilines is 1. The zero-order valence-electron chi connectivity index (χ0n) is 11.1. The Kier molecular flexibility index (Phi) is 3.69. The molecular weight excluding hydrogens is 210 g/mol. The summed E-state index contributed by atoms with van der Waals surface area (Å²) in [7, 11) is 2.19. The quantitative estimate of drug-likeness (QED) is 0.846. The monoisotopic (exact) mass is 233 g/mol. The summed E-state index contributed by atoms with van der Waals surface area (Å²) in [5.41, 5.74) is 8.61. The number of likely N-dealkylation sites (N-methyl/N-ethyl adjacent to an activating group) is 1. The fourth-order valence-corrected chi connectivity index (χ4v) is 2.43. The Morgan fingerprint density at radius 2 is 2.00 bits per heavy atom. The van der Waals surface area contributed by atoms with Crippen LogP contribution in [0.3, 0.4) is 0 Å². The highest BCUT2D eigenvalue weighted by atomic mass is 15.3. The summed E-state index contributed by atoms with van der Waals surface area (Å²) in [6.45, 7) is 7.62. The zero-order chi connectivity index (χ0) is 12.4. The summed E-state index contributed by atoms with van der Waals surface area (Å²) in [5.74, 6) is 0. The molecule has 2 N–H and O–H groups in total. The van der Waals surface area contributed by atoms with Crippen molar-refractivity contribution in [3.8, 4) is 0 Å². The standard InChI is InChI=1S/C14H23N3/c1-11-10-17(9-8-16(11)3)14-7-5-4-6-13(14)12(2)15/h4-7,11-12H,8-10,15H2,1-3H3/t11?,12-/m0/s1. The molecule has 2 atom stereocenters. The molecular formula is C14H23N3. The Bertz CT molecular complexity index is 375. The van der Waals surface area contributed by atoms with E-state index in [0.717, 1.165) is 19.6 Å². The minimum Gasteiger partial charge on any atom is -0.368 e. The van der Waals surface area contributed by atoms with E-state index in [0.29, 0.717) is 6.04 Å². The third kappa shape index (κ3) is 2.61. The lowest BCUT2D eigenvalue weighted by molar-refractivity contribution is 0.234. The molecule has 1 aliphatic heterocycles. The third-order valence-electron chi connectivity index (χ3n) is 3.73. The topological polar surface area (TPSA) is 32.5 Å². The van der Waals surface area contributed by atoms with Crippen LogP contribution in [-0.2, 0) is 0 Å². The van der Waals surface area contributed by atoms with Gasteiger partial charge in [0.2, 0.25) is 0 Å². The van der Waals surface area contributed by atoms with Gasteiger partial charge < -0.3 is 15.5 Å². The molecule has 1 aliphatic rings. The van der Waals surface area contributed by atoms with Crippen molar-refractivity contribution in [2.75, 3.05) is 31.6 Å². The molecule has 3 heteroatoms. The van der Waals surface area contributed by atoms with Crippen LogP contribution in [0.4, 0.5) is 5.69 Å². The van der Waals surface area contributed by atoms with E-state index < -0.39 is 0 Å². The lowest BCUT2D eigenvalue weighted by Crippen LogP contribution is -2.50. The van der Waals surface area contributed by atoms with Gasteiger partial charge in [0, 0.05) is 37.4 Å². The van der Waals surface area contributed by atoms with E-state index in [1.807, 2.05) is 0 Å². The van der Waals surface area contributed by atoms with Gasteiger partial charge >= 0.3 is 0 Å². The van der Waals surface area contributed by atoms with Crippen LogP contribution < -0.4 is 10.6 Å². The molecule has 1 aromatic carbocycles. The van der Waals surface area contributed by atoms with Crippen molar-refractivity contribution in [1.82, 2.24) is 4.90 Å². The number of rotatable bonds is 2. The van der Waals surface area contributed by atoms with Crippen LogP contribution in [0, 0.1) is 0 Å². The van der Waals surface area contributed by atoms with Crippen LogP contribution in [0.2, 0.25) is 0 Å². The normalized spacial score (nSPS) is 23.8. The first-order valence-corrected chi connectivity index (χ1v) is 6.39. The molecule has 1 aromatic rings. The first-order valence-electron chi connectivity index (χ1n) is 6.39. The summed E-state index contributed by atoms with van der Waals surface area (Å²) >= 11 is 0. The maximum absolute atomic E-state index is 6.05. The first kappa shape index (κ1) is 12.4. The smallest absolute Gasteiger partial charge is 0.0415 e. The zero-order valence-corrected chi connectivity index (χ0v) is 11.1. The highest BCUT2D eigenvalue weighted by Gasteiger charge is 2.22. The number of benzene rings is 1. The van der Waals surface area contributed by atoms with Gasteiger partial charge in [-0.3, -0.25) is 0 Å². The Balaban J connectivity index is 2.22. The number of para-hydroxylation sites is 1. The summed E-state index contributed by atoms with van der Waals surface area (Å²) in [6.07, 6.45) is 0. The fourth-order valence-electron chi connectivity index (χ4n) is 2.43. The summed E-state index contributed by atoms with van der Waals surface area (Å²) in [6, 6.07) is 9.21. The maximum atomic E-state index is 6.05. The van der Waals surface area contributed by atoms with Crippen molar-refractivity contribution in [3.63, 3.8) is 0 Å². The summed E-state index contributed by atoms with van der Waals surface area (Å²) in [4.78, 5) is 4.87. The van der Waals surface area contributed by atoms with Gasteiger partial charge in [-0.1, -0.05) is 18.2 Å². The lowest BCUT2D eigenvalue weighted by Gasteiger charge is -2.40. The minimum absolute atomic E-state index is 0.0983. The number of nitrogens with zero attached hydrogens (tertiary/aromatic N) is 2. The van der Waals surface area contributed by atoms with Crippen LogP contribution in [0.25, 0.3) is 0 Å². The average Bonchev–Trinajstić information content (AvgIpc) is 2.32. The van der Waals surface area contributed by atoms with Gasteiger partial charge in [-0.15, -0.1) is 0 Å². The predicted molar refractivity (Wildman–Crippen MR) is 73.3 cm³/mol. The highest BCUT2D eigenvalue weighted by molar-refractivity contribution is 5.55. The second-order valence-corrected chi connectivity index (χ2v) is 5.12. The van der Waals surface area contributed by atoms with Crippen molar-refractivity contribution in [1.29, 1.82) is 0 Å². The lowest BCUT2D eigenvalue weighted by atomic mass is 10.0. The van der Waals surface area contributed by atoms with Crippen molar-refractivity contribution < 1.29 is 0 Å². The van der Waals surface area contributed by atoms with Crippen LogP contribution in [-0.4, -0.2) is 37.6 Å². The Morgan fingerprint density at radius 1 is 1.29 bits per heavy atom. The second kappa shape index (κ2) is 5.07. The van der Waals surface area contributed by atoms with E-state index in [1.54, 1.807) is 0 Å². The van der Waals surface area contributed by atoms with Gasteiger partial charge in [0.25, 0.3) is 0 Å². The van der Waals surface area contributed by atoms with Crippen LogP contribution in [0.15, 0.2) is 24.3 Å². The molecule has 0 aliphatic carbocycles. The van der Waals surface area contributed by atoms with Gasteiger partial charge in [-0.25, -0.2) is 0 Å². The average molecular weight is 233 g/mol. The molecule has 0 spiro atoms. The molecule has 1 unspecified atom stereocenters. The van der Waals surface area contributed by atoms with Gasteiger partial charge in [0.05, 0.1) is 0 Å². The van der Waals surface area contributed by atoms with Crippen LogP contribution in [0.5, 0.6) is 0 Å². The van der Waals surface area contributed by atoms with E-state index in [9.17, 15) is 0 Å². The van der Waals surface area contributed by atoms with E-state index in [-0.39, 0.29) is 6.04 Å². The largest absolute Gasteiger partial charge is 0.368 e. The molecule has 0 aromatic heterocycles. The van der Waals surface area contributed by atoms with Crippen molar-refractivity contribution in [2.45, 2.75) is 25.9 Å². The molecule has 3 nitrogen and oxygen atoms in total. The molecule has 1 saturated heterocycles. The van der Waals surface area contributed by atoms with Gasteiger partial charge in [0.15, 0.2) is 0 Å². The molecule has 0 saturated carbocycles. The number of hydrogen-bond acceptors (Lipinski definition) is 3. The van der Waals surface area contributed by atoms with Gasteiger partial charge in [-0.05, 0) is 32.5 Å². The molecule has 0 radical (unpaired) electrons. The van der Waals surface area contributed by atoms with Crippen molar-refractivity contribution in [2.24, 2.45) is 5.73 Å². The fraction of sp³-hybridized carbons (Fsp3) is 0.571. The predicted octanol–water partition coefficient (Wildman–Crippen LogP) is 1.85. The molecule has 0 bridgehead atoms. The second-order valence-electron chi connectivity index (χ2n) is 5.12. The van der Waals surface area contributed by atoms with Gasteiger partial charge in [-0.2, -0.15) is 0 Å². The van der Waals surface area contributed by atoms with E-state index in [4.69, 9.17) is 5.73 Å². The van der Waals surface area contributed by atoms with E-state index in [2.05, 4.69) is 55.0 Å². The molecule has 0 amide bonds. The molecule has 2 rings (SSSR count). The summed E-state index contributed by atoms with van der Waals surface area (Å²) < 4.78 is 0. The summed E-state index contributed by atoms with van der Waals surface area (Å²) in [5, 5.41) is 0.